The van der Waals surface area contributed by atoms with Gasteiger partial charge in [-0.25, -0.2) is 8.42 Å². The first-order valence-electron chi connectivity index (χ1n) is 5.74. The first-order chi connectivity index (χ1) is 9.33. The molecule has 0 radical (unpaired) electrons. The van der Waals surface area contributed by atoms with Gasteiger partial charge in [0.15, 0.2) is 0 Å². The SMILES string of the molecule is CCc1nnc(NS(=O)(=O)c2cc(N)c(Br)cc2C)s1. The normalized spacial score (nSPS) is 11.6. The van der Waals surface area contributed by atoms with Crippen molar-refractivity contribution in [2.45, 2.75) is 25.2 Å². The monoisotopic (exact) mass is 376 g/mol. The fourth-order valence-electron chi connectivity index (χ4n) is 1.57. The summed E-state index contributed by atoms with van der Waals surface area (Å²) < 4.78 is 27.8. The van der Waals surface area contributed by atoms with E-state index in [2.05, 4.69) is 30.8 Å². The van der Waals surface area contributed by atoms with Gasteiger partial charge in [0, 0.05) is 10.2 Å². The first-order valence-corrected chi connectivity index (χ1v) is 8.83. The molecule has 0 aliphatic rings. The molecule has 1 aromatic carbocycles. The summed E-state index contributed by atoms with van der Waals surface area (Å²) in [5.74, 6) is 0. The van der Waals surface area contributed by atoms with E-state index in [0.717, 1.165) is 5.01 Å². The van der Waals surface area contributed by atoms with E-state index in [1.165, 1.54) is 17.4 Å². The molecule has 0 aliphatic carbocycles. The molecular weight excluding hydrogens is 364 g/mol. The summed E-state index contributed by atoms with van der Waals surface area (Å²) in [4.78, 5) is 0.131. The van der Waals surface area contributed by atoms with Crippen molar-refractivity contribution in [3.8, 4) is 0 Å². The molecule has 0 aliphatic heterocycles. The van der Waals surface area contributed by atoms with E-state index in [4.69, 9.17) is 5.73 Å². The average Bonchev–Trinajstić information content (AvgIpc) is 2.80. The van der Waals surface area contributed by atoms with Crippen molar-refractivity contribution in [1.29, 1.82) is 0 Å². The number of benzene rings is 1. The number of halogens is 1. The zero-order valence-electron chi connectivity index (χ0n) is 10.8. The van der Waals surface area contributed by atoms with E-state index in [-0.39, 0.29) is 10.0 Å². The second kappa shape index (κ2) is 5.66. The number of aromatic nitrogens is 2. The largest absolute Gasteiger partial charge is 0.398 e. The maximum atomic E-state index is 12.3. The summed E-state index contributed by atoms with van der Waals surface area (Å²) in [6.45, 7) is 3.63. The van der Waals surface area contributed by atoms with Crippen LogP contribution in [0.25, 0.3) is 0 Å². The zero-order chi connectivity index (χ0) is 14.9. The highest BCUT2D eigenvalue weighted by Gasteiger charge is 2.20. The third-order valence-electron chi connectivity index (χ3n) is 2.57. The van der Waals surface area contributed by atoms with Crippen molar-refractivity contribution in [3.63, 3.8) is 0 Å². The smallest absolute Gasteiger partial charge is 0.264 e. The number of nitrogens with two attached hydrogens (primary N) is 1. The van der Waals surface area contributed by atoms with Crippen molar-refractivity contribution >= 4 is 48.1 Å². The van der Waals surface area contributed by atoms with Crippen LogP contribution in [0.15, 0.2) is 21.5 Å². The Balaban J connectivity index is 2.37. The van der Waals surface area contributed by atoms with Gasteiger partial charge < -0.3 is 5.73 Å². The molecule has 2 rings (SSSR count). The number of anilines is 2. The number of hydrogen-bond donors (Lipinski definition) is 2. The minimum absolute atomic E-state index is 0.131. The standard InChI is InChI=1S/C11H13BrN4O2S2/c1-3-10-14-15-11(19-10)16-20(17,18)9-5-8(13)7(12)4-6(9)2/h4-5H,3,13H2,1-2H3,(H,15,16). The molecule has 6 nitrogen and oxygen atoms in total. The Morgan fingerprint density at radius 1 is 1.40 bits per heavy atom. The fraction of sp³-hybridized carbons (Fsp3) is 0.273. The number of sulfonamides is 1. The summed E-state index contributed by atoms with van der Waals surface area (Å²) in [6.07, 6.45) is 0.712. The van der Waals surface area contributed by atoms with Crippen LogP contribution in [-0.2, 0) is 16.4 Å². The van der Waals surface area contributed by atoms with E-state index in [0.29, 0.717) is 22.1 Å². The molecule has 1 heterocycles. The second-order valence-electron chi connectivity index (χ2n) is 4.10. The second-order valence-corrected chi connectivity index (χ2v) is 7.67. The van der Waals surface area contributed by atoms with Crippen molar-refractivity contribution in [3.05, 3.63) is 27.2 Å². The maximum absolute atomic E-state index is 12.3. The van der Waals surface area contributed by atoms with Gasteiger partial charge in [-0.3, -0.25) is 4.72 Å². The van der Waals surface area contributed by atoms with Crippen LogP contribution in [0.3, 0.4) is 0 Å². The average molecular weight is 377 g/mol. The number of rotatable bonds is 4. The third-order valence-corrected chi connectivity index (χ3v) is 5.85. The van der Waals surface area contributed by atoms with Gasteiger partial charge in [0.05, 0.1) is 4.90 Å². The van der Waals surface area contributed by atoms with Gasteiger partial charge in [-0.05, 0) is 47.0 Å². The number of nitrogen functional groups attached to an aromatic ring is 1. The summed E-state index contributed by atoms with van der Waals surface area (Å²) in [5, 5.41) is 8.71. The van der Waals surface area contributed by atoms with E-state index >= 15 is 0 Å². The van der Waals surface area contributed by atoms with E-state index < -0.39 is 10.0 Å². The number of hydrogen-bond acceptors (Lipinski definition) is 6. The van der Waals surface area contributed by atoms with Gasteiger partial charge in [-0.2, -0.15) is 0 Å². The van der Waals surface area contributed by atoms with Crippen LogP contribution in [0, 0.1) is 6.92 Å². The molecule has 0 bridgehead atoms. The molecule has 0 fully saturated rings. The highest BCUT2D eigenvalue weighted by molar-refractivity contribution is 9.10. The lowest BCUT2D eigenvalue weighted by molar-refractivity contribution is 0.600. The predicted octanol–water partition coefficient (Wildman–Crippen LogP) is 2.55. The van der Waals surface area contributed by atoms with Crippen molar-refractivity contribution in [2.24, 2.45) is 0 Å². The Labute approximate surface area is 129 Å². The van der Waals surface area contributed by atoms with Crippen LogP contribution in [0.4, 0.5) is 10.8 Å². The molecule has 2 aromatic rings. The van der Waals surface area contributed by atoms with Crippen molar-refractivity contribution in [2.75, 3.05) is 10.5 Å². The summed E-state index contributed by atoms with van der Waals surface area (Å²) in [7, 11) is -3.72. The summed E-state index contributed by atoms with van der Waals surface area (Å²) in [5.41, 5.74) is 6.70. The molecule has 9 heteroatoms. The molecule has 0 atom stereocenters. The lowest BCUT2D eigenvalue weighted by Gasteiger charge is -2.10. The van der Waals surface area contributed by atoms with Crippen molar-refractivity contribution in [1.82, 2.24) is 10.2 Å². The Hall–Kier alpha value is -1.19. The first kappa shape index (κ1) is 15.2. The summed E-state index contributed by atoms with van der Waals surface area (Å²) in [6, 6.07) is 3.09. The zero-order valence-corrected chi connectivity index (χ0v) is 14.1. The highest BCUT2D eigenvalue weighted by atomic mass is 79.9. The third kappa shape index (κ3) is 3.10. The molecule has 3 N–H and O–H groups in total. The van der Waals surface area contributed by atoms with Crippen LogP contribution in [0.5, 0.6) is 0 Å². The molecule has 0 spiro atoms. The van der Waals surface area contributed by atoms with Crippen LogP contribution >= 0.6 is 27.3 Å². The molecule has 0 saturated carbocycles. The minimum Gasteiger partial charge on any atom is -0.398 e. The molecule has 0 unspecified atom stereocenters. The molecule has 108 valence electrons. The number of aryl methyl sites for hydroxylation is 2. The van der Waals surface area contributed by atoms with Gasteiger partial charge in [-0.1, -0.05) is 18.3 Å². The Morgan fingerprint density at radius 2 is 2.10 bits per heavy atom. The Morgan fingerprint density at radius 3 is 2.70 bits per heavy atom. The van der Waals surface area contributed by atoms with Crippen LogP contribution in [0.2, 0.25) is 0 Å². The van der Waals surface area contributed by atoms with Gasteiger partial charge in [0.1, 0.15) is 5.01 Å². The van der Waals surface area contributed by atoms with Gasteiger partial charge >= 0.3 is 0 Å². The van der Waals surface area contributed by atoms with E-state index in [1.54, 1.807) is 13.0 Å². The lowest BCUT2D eigenvalue weighted by atomic mass is 10.2. The fourth-order valence-corrected chi connectivity index (χ4v) is 4.20. The van der Waals surface area contributed by atoms with Gasteiger partial charge in [0.2, 0.25) is 5.13 Å². The van der Waals surface area contributed by atoms with E-state index in [1.807, 2.05) is 6.92 Å². The molecule has 0 saturated heterocycles. The predicted molar refractivity (Wildman–Crippen MR) is 83.4 cm³/mol. The highest BCUT2D eigenvalue weighted by Crippen LogP contribution is 2.28. The quantitative estimate of drug-likeness (QED) is 0.798. The van der Waals surface area contributed by atoms with Crippen LogP contribution < -0.4 is 10.5 Å². The Kier molecular flexibility index (Phi) is 4.31. The molecular formula is C11H13BrN4O2S2. The number of nitrogens with one attached hydrogen (secondary N) is 1. The topological polar surface area (TPSA) is 98.0 Å². The molecule has 0 amide bonds. The van der Waals surface area contributed by atoms with Crippen LogP contribution in [-0.4, -0.2) is 18.6 Å². The molecule has 1 aromatic heterocycles. The van der Waals surface area contributed by atoms with Gasteiger partial charge in [-0.15, -0.1) is 10.2 Å². The molecule has 20 heavy (non-hydrogen) atoms. The van der Waals surface area contributed by atoms with Crippen LogP contribution in [0.1, 0.15) is 17.5 Å². The maximum Gasteiger partial charge on any atom is 0.264 e. The van der Waals surface area contributed by atoms with E-state index in [9.17, 15) is 8.42 Å². The minimum atomic E-state index is -3.72. The van der Waals surface area contributed by atoms with Gasteiger partial charge in [0.25, 0.3) is 10.0 Å². The Bertz CT molecular complexity index is 743. The lowest BCUT2D eigenvalue weighted by Crippen LogP contribution is -2.14. The number of nitrogens with zero attached hydrogens (tertiary/aromatic N) is 2. The van der Waals surface area contributed by atoms with Crippen molar-refractivity contribution < 1.29 is 8.42 Å². The summed E-state index contributed by atoms with van der Waals surface area (Å²) >= 11 is 4.48.